The molecule has 0 N–H and O–H groups in total. The number of amides is 1. The Labute approximate surface area is 114 Å². The number of nitro groups is 1. The highest BCUT2D eigenvalue weighted by Gasteiger charge is 2.21. The second-order valence-corrected chi connectivity index (χ2v) is 4.31. The normalized spacial score (nSPS) is 9.94. The van der Waals surface area contributed by atoms with E-state index in [1.807, 2.05) is 0 Å². The average Bonchev–Trinajstić information content (AvgIpc) is 2.31. The Morgan fingerprint density at radius 3 is 2.67 bits per heavy atom. The van der Waals surface area contributed by atoms with Crippen molar-refractivity contribution in [2.24, 2.45) is 0 Å². The van der Waals surface area contributed by atoms with Crippen LogP contribution in [-0.2, 0) is 0 Å². The smallest absolute Gasteiger partial charge is 0.271 e. The van der Waals surface area contributed by atoms with Gasteiger partial charge in [-0.25, -0.2) is 0 Å². The summed E-state index contributed by atoms with van der Waals surface area (Å²) in [7, 11) is 1.53. The van der Waals surface area contributed by atoms with Crippen molar-refractivity contribution in [2.45, 2.75) is 0 Å². The summed E-state index contributed by atoms with van der Waals surface area (Å²) in [5.41, 5.74) is -0.278. The fraction of sp³-hybridized carbons (Fsp3) is 0.182. The van der Waals surface area contributed by atoms with Crippen molar-refractivity contribution in [3.63, 3.8) is 0 Å². The van der Waals surface area contributed by atoms with E-state index in [2.05, 4.69) is 6.58 Å². The Morgan fingerprint density at radius 1 is 1.56 bits per heavy atom. The lowest BCUT2D eigenvalue weighted by molar-refractivity contribution is -0.384. The molecule has 1 aromatic carbocycles. The molecule has 0 bridgehead atoms. The molecular weight excluding hydrogens is 279 g/mol. The summed E-state index contributed by atoms with van der Waals surface area (Å²) in [6, 6.07) is 2.21. The third-order valence-electron chi connectivity index (χ3n) is 2.20. The molecule has 0 saturated heterocycles. The Bertz CT molecular complexity index is 517. The SMILES string of the molecule is C=CCN(C)C(=O)c1cc([N+](=O)[O-])cc(Cl)c1Cl. The predicted molar refractivity (Wildman–Crippen MR) is 70.3 cm³/mol. The molecule has 18 heavy (non-hydrogen) atoms. The summed E-state index contributed by atoms with van der Waals surface area (Å²) < 4.78 is 0. The summed E-state index contributed by atoms with van der Waals surface area (Å²) in [5.74, 6) is -0.453. The standard InChI is InChI=1S/C11H10Cl2N2O3/c1-3-4-14(2)11(16)8-5-7(15(17)18)6-9(12)10(8)13/h3,5-6H,1,4H2,2H3. The van der Waals surface area contributed by atoms with E-state index >= 15 is 0 Å². The minimum absolute atomic E-state index is 0.000201. The van der Waals surface area contributed by atoms with Crippen LogP contribution in [0.15, 0.2) is 24.8 Å². The zero-order valence-electron chi connectivity index (χ0n) is 9.52. The third kappa shape index (κ3) is 3.00. The number of rotatable bonds is 4. The van der Waals surface area contributed by atoms with Gasteiger partial charge in [0.25, 0.3) is 11.6 Å². The molecule has 0 heterocycles. The summed E-state index contributed by atoms with van der Waals surface area (Å²) in [4.78, 5) is 23.4. The third-order valence-corrected chi connectivity index (χ3v) is 3.01. The van der Waals surface area contributed by atoms with Crippen LogP contribution in [0.5, 0.6) is 0 Å². The van der Waals surface area contributed by atoms with Crippen LogP contribution >= 0.6 is 23.2 Å². The number of hydrogen-bond donors (Lipinski definition) is 0. The highest BCUT2D eigenvalue weighted by atomic mass is 35.5. The van der Waals surface area contributed by atoms with E-state index < -0.39 is 10.8 Å². The van der Waals surface area contributed by atoms with Gasteiger partial charge in [0, 0.05) is 25.7 Å². The zero-order chi connectivity index (χ0) is 13.9. The van der Waals surface area contributed by atoms with Crippen molar-refractivity contribution in [1.29, 1.82) is 0 Å². The first-order valence-electron chi connectivity index (χ1n) is 4.88. The van der Waals surface area contributed by atoms with E-state index in [1.54, 1.807) is 0 Å². The van der Waals surface area contributed by atoms with Crippen molar-refractivity contribution in [2.75, 3.05) is 13.6 Å². The van der Waals surface area contributed by atoms with Gasteiger partial charge in [-0.05, 0) is 0 Å². The molecule has 0 aliphatic heterocycles. The first-order valence-corrected chi connectivity index (χ1v) is 5.64. The van der Waals surface area contributed by atoms with Crippen molar-refractivity contribution >= 4 is 34.8 Å². The van der Waals surface area contributed by atoms with Gasteiger partial charge < -0.3 is 4.90 Å². The molecule has 0 aromatic heterocycles. The average molecular weight is 289 g/mol. The lowest BCUT2D eigenvalue weighted by Crippen LogP contribution is -2.27. The van der Waals surface area contributed by atoms with Gasteiger partial charge in [0.1, 0.15) is 0 Å². The van der Waals surface area contributed by atoms with Crippen molar-refractivity contribution in [3.8, 4) is 0 Å². The van der Waals surface area contributed by atoms with Crippen LogP contribution in [0, 0.1) is 10.1 Å². The van der Waals surface area contributed by atoms with Crippen LogP contribution in [0.2, 0.25) is 10.0 Å². The van der Waals surface area contributed by atoms with Gasteiger partial charge >= 0.3 is 0 Å². The largest absolute Gasteiger partial charge is 0.338 e. The quantitative estimate of drug-likeness (QED) is 0.486. The van der Waals surface area contributed by atoms with Crippen LogP contribution in [0.3, 0.4) is 0 Å². The van der Waals surface area contributed by atoms with Crippen molar-refractivity contribution in [3.05, 3.63) is 50.5 Å². The summed E-state index contributed by atoms with van der Waals surface area (Å²) >= 11 is 11.6. The summed E-state index contributed by atoms with van der Waals surface area (Å²) in [6.45, 7) is 3.80. The number of carbonyl (C=O) groups excluding carboxylic acids is 1. The predicted octanol–water partition coefficient (Wildman–Crippen LogP) is 3.16. The van der Waals surface area contributed by atoms with Crippen LogP contribution in [-0.4, -0.2) is 29.3 Å². The Kier molecular flexibility index (Phi) is 4.69. The topological polar surface area (TPSA) is 63.5 Å². The molecule has 0 radical (unpaired) electrons. The minimum Gasteiger partial charge on any atom is -0.338 e. The molecule has 0 aliphatic rings. The van der Waals surface area contributed by atoms with Crippen LogP contribution in [0.1, 0.15) is 10.4 Å². The molecule has 1 amide bonds. The molecule has 0 spiro atoms. The van der Waals surface area contributed by atoms with E-state index in [0.717, 1.165) is 12.1 Å². The van der Waals surface area contributed by atoms with Crippen molar-refractivity contribution < 1.29 is 9.72 Å². The monoisotopic (exact) mass is 288 g/mol. The molecule has 96 valence electrons. The number of carbonyl (C=O) groups is 1. The van der Waals surface area contributed by atoms with Gasteiger partial charge in [0.2, 0.25) is 0 Å². The molecule has 0 saturated carbocycles. The zero-order valence-corrected chi connectivity index (χ0v) is 11.0. The lowest BCUT2D eigenvalue weighted by Gasteiger charge is -2.15. The maximum absolute atomic E-state index is 12.0. The molecule has 0 aliphatic carbocycles. The Hall–Kier alpha value is -1.59. The lowest BCUT2D eigenvalue weighted by atomic mass is 10.1. The van der Waals surface area contributed by atoms with Gasteiger partial charge in [-0.3, -0.25) is 14.9 Å². The van der Waals surface area contributed by atoms with E-state index in [4.69, 9.17) is 23.2 Å². The number of nitro benzene ring substituents is 1. The summed E-state index contributed by atoms with van der Waals surface area (Å²) in [5, 5.41) is 10.7. The van der Waals surface area contributed by atoms with Crippen LogP contribution in [0.4, 0.5) is 5.69 Å². The van der Waals surface area contributed by atoms with Gasteiger partial charge in [-0.2, -0.15) is 0 Å². The maximum Gasteiger partial charge on any atom is 0.271 e. The second kappa shape index (κ2) is 5.84. The number of benzene rings is 1. The highest BCUT2D eigenvalue weighted by Crippen LogP contribution is 2.31. The Morgan fingerprint density at radius 2 is 2.17 bits per heavy atom. The number of non-ortho nitro benzene ring substituents is 1. The van der Waals surface area contributed by atoms with Crippen LogP contribution < -0.4 is 0 Å². The van der Waals surface area contributed by atoms with E-state index in [1.165, 1.54) is 18.0 Å². The number of likely N-dealkylation sites (N-methyl/N-ethyl adjacent to an activating group) is 1. The van der Waals surface area contributed by atoms with Gasteiger partial charge in [-0.15, -0.1) is 6.58 Å². The molecule has 1 aromatic rings. The molecule has 7 heteroatoms. The van der Waals surface area contributed by atoms with E-state index in [9.17, 15) is 14.9 Å². The summed E-state index contributed by atoms with van der Waals surface area (Å²) in [6.07, 6.45) is 1.53. The Balaban J connectivity index is 3.26. The first kappa shape index (κ1) is 14.5. The fourth-order valence-corrected chi connectivity index (χ4v) is 1.72. The number of nitrogens with zero attached hydrogens (tertiary/aromatic N) is 2. The molecular formula is C11H10Cl2N2O3. The second-order valence-electron chi connectivity index (χ2n) is 3.52. The fourth-order valence-electron chi connectivity index (χ4n) is 1.32. The molecule has 0 fully saturated rings. The van der Waals surface area contributed by atoms with Gasteiger partial charge in [-0.1, -0.05) is 29.3 Å². The van der Waals surface area contributed by atoms with Gasteiger partial charge in [0.05, 0.1) is 20.5 Å². The van der Waals surface area contributed by atoms with Gasteiger partial charge in [0.15, 0.2) is 0 Å². The molecule has 0 atom stereocenters. The first-order chi connectivity index (χ1) is 8.38. The van der Waals surface area contributed by atoms with Crippen LogP contribution in [0.25, 0.3) is 0 Å². The molecule has 5 nitrogen and oxygen atoms in total. The molecule has 1 rings (SSSR count). The van der Waals surface area contributed by atoms with E-state index in [-0.39, 0.29) is 21.3 Å². The number of halogens is 2. The maximum atomic E-state index is 12.0. The highest BCUT2D eigenvalue weighted by molar-refractivity contribution is 6.44. The minimum atomic E-state index is -0.632. The van der Waals surface area contributed by atoms with E-state index in [0.29, 0.717) is 6.54 Å². The number of hydrogen-bond acceptors (Lipinski definition) is 3. The van der Waals surface area contributed by atoms with Crippen molar-refractivity contribution in [1.82, 2.24) is 4.90 Å². The molecule has 0 unspecified atom stereocenters.